The lowest BCUT2D eigenvalue weighted by atomic mass is 10.7. The standard InChI is InChI=1S/C4H5NO.C3H9Si/c1-2-3-5-4-6;1-4(2)3/h2H,1,3H2;1-3H3. The van der Waals surface area contributed by atoms with Gasteiger partial charge < -0.3 is 0 Å². The molecule has 0 heterocycles. The topological polar surface area (TPSA) is 29.4 Å². The van der Waals surface area contributed by atoms with E-state index in [2.05, 4.69) is 31.2 Å². The Morgan fingerprint density at radius 1 is 1.60 bits per heavy atom. The van der Waals surface area contributed by atoms with Gasteiger partial charge in [0, 0.05) is 8.80 Å². The molecule has 0 atom stereocenters. The molecule has 0 aromatic carbocycles. The van der Waals surface area contributed by atoms with E-state index in [0.29, 0.717) is 6.54 Å². The average Bonchev–Trinajstić information content (AvgIpc) is 1.82. The minimum Gasteiger partial charge on any atom is -0.211 e. The van der Waals surface area contributed by atoms with Crippen molar-refractivity contribution < 1.29 is 4.79 Å². The molecule has 3 heteroatoms. The predicted octanol–water partition coefficient (Wildman–Crippen LogP) is 1.88. The monoisotopic (exact) mass is 156 g/mol. The van der Waals surface area contributed by atoms with Crippen LogP contribution in [0.4, 0.5) is 0 Å². The van der Waals surface area contributed by atoms with E-state index in [4.69, 9.17) is 0 Å². The van der Waals surface area contributed by atoms with Crippen LogP contribution in [-0.2, 0) is 4.79 Å². The molecule has 0 bridgehead atoms. The maximum Gasteiger partial charge on any atom is 0.235 e. The SMILES string of the molecule is C=CCN=C=O.C[Si](C)C. The van der Waals surface area contributed by atoms with E-state index in [1.54, 1.807) is 0 Å². The van der Waals surface area contributed by atoms with Gasteiger partial charge in [0.1, 0.15) is 0 Å². The summed E-state index contributed by atoms with van der Waals surface area (Å²) < 4.78 is 0. The second-order valence-electron chi connectivity index (χ2n) is 2.22. The van der Waals surface area contributed by atoms with Crippen LogP contribution >= 0.6 is 0 Å². The molecule has 0 aromatic rings. The van der Waals surface area contributed by atoms with Crippen LogP contribution in [-0.4, -0.2) is 21.4 Å². The zero-order valence-corrected chi connectivity index (χ0v) is 7.85. The summed E-state index contributed by atoms with van der Waals surface area (Å²) in [5, 5.41) is 0. The van der Waals surface area contributed by atoms with E-state index in [0.717, 1.165) is 0 Å². The maximum absolute atomic E-state index is 9.22. The lowest BCUT2D eigenvalue weighted by molar-refractivity contribution is 0.564. The van der Waals surface area contributed by atoms with Gasteiger partial charge in [-0.15, -0.1) is 6.58 Å². The predicted molar refractivity (Wildman–Crippen MR) is 46.5 cm³/mol. The van der Waals surface area contributed by atoms with E-state index in [1.807, 2.05) is 0 Å². The molecule has 0 saturated carbocycles. The molecule has 0 fully saturated rings. The molecule has 0 aliphatic heterocycles. The summed E-state index contributed by atoms with van der Waals surface area (Å²) in [4.78, 5) is 12.4. The lowest BCUT2D eigenvalue weighted by Crippen LogP contribution is -1.84. The number of nitrogens with zero attached hydrogens (tertiary/aromatic N) is 1. The van der Waals surface area contributed by atoms with E-state index in [-0.39, 0.29) is 8.80 Å². The van der Waals surface area contributed by atoms with Crippen LogP contribution < -0.4 is 0 Å². The zero-order valence-electron chi connectivity index (χ0n) is 6.85. The summed E-state index contributed by atoms with van der Waals surface area (Å²) in [7, 11) is 0.120. The van der Waals surface area contributed by atoms with Crippen LogP contribution in [0, 0.1) is 0 Å². The van der Waals surface area contributed by atoms with Gasteiger partial charge in [0.05, 0.1) is 6.54 Å². The summed E-state index contributed by atoms with van der Waals surface area (Å²) in [6.45, 7) is 10.5. The number of aliphatic imine (C=N–C) groups is 1. The van der Waals surface area contributed by atoms with Crippen molar-refractivity contribution >= 4 is 14.9 Å². The quantitative estimate of drug-likeness (QED) is 0.260. The Kier molecular flexibility index (Phi) is 13.5. The number of hydrogen-bond donors (Lipinski definition) is 0. The van der Waals surface area contributed by atoms with Gasteiger partial charge in [-0.1, -0.05) is 25.7 Å². The second-order valence-corrected chi connectivity index (χ2v) is 5.22. The van der Waals surface area contributed by atoms with E-state index < -0.39 is 0 Å². The smallest absolute Gasteiger partial charge is 0.211 e. The normalized spacial score (nSPS) is 7.20. The Hall–Kier alpha value is -0.663. The van der Waals surface area contributed by atoms with Gasteiger partial charge in [-0.05, 0) is 0 Å². The second kappa shape index (κ2) is 11.2. The first-order valence-electron chi connectivity index (χ1n) is 3.06. The van der Waals surface area contributed by atoms with E-state index in [1.165, 1.54) is 12.2 Å². The fourth-order valence-corrected chi connectivity index (χ4v) is 0.102. The third kappa shape index (κ3) is 53.9. The summed E-state index contributed by atoms with van der Waals surface area (Å²) >= 11 is 0. The van der Waals surface area contributed by atoms with Crippen molar-refractivity contribution in [1.82, 2.24) is 0 Å². The van der Waals surface area contributed by atoms with Crippen molar-refractivity contribution in [3.05, 3.63) is 12.7 Å². The molecule has 0 aliphatic carbocycles. The first-order valence-corrected chi connectivity index (χ1v) is 6.06. The van der Waals surface area contributed by atoms with E-state index >= 15 is 0 Å². The van der Waals surface area contributed by atoms with Crippen LogP contribution in [0.2, 0.25) is 19.6 Å². The van der Waals surface area contributed by atoms with Crippen molar-refractivity contribution in [1.29, 1.82) is 0 Å². The highest BCUT2D eigenvalue weighted by molar-refractivity contribution is 6.54. The third-order valence-electron chi connectivity index (χ3n) is 0.285. The van der Waals surface area contributed by atoms with Crippen LogP contribution in [0.25, 0.3) is 0 Å². The molecule has 0 unspecified atom stereocenters. The molecule has 0 saturated heterocycles. The number of rotatable bonds is 2. The fourth-order valence-electron chi connectivity index (χ4n) is 0.102. The summed E-state index contributed by atoms with van der Waals surface area (Å²) in [5.74, 6) is 0. The van der Waals surface area contributed by atoms with Gasteiger partial charge in [0.15, 0.2) is 0 Å². The van der Waals surface area contributed by atoms with Crippen molar-refractivity contribution in [2.45, 2.75) is 19.6 Å². The van der Waals surface area contributed by atoms with Gasteiger partial charge in [-0.25, -0.2) is 9.79 Å². The van der Waals surface area contributed by atoms with Crippen LogP contribution in [0.5, 0.6) is 0 Å². The summed E-state index contributed by atoms with van der Waals surface area (Å²) in [6, 6.07) is 0. The Balaban J connectivity index is 0. The Labute approximate surface area is 64.3 Å². The molecule has 1 radical (unpaired) electrons. The molecule has 0 aliphatic rings. The number of hydrogen-bond acceptors (Lipinski definition) is 2. The minimum atomic E-state index is 0.120. The highest BCUT2D eigenvalue weighted by atomic mass is 28.3. The number of carbonyl (C=O) groups excluding carboxylic acids is 1. The Morgan fingerprint density at radius 2 is 2.00 bits per heavy atom. The molecule has 0 amide bonds. The molecule has 0 aromatic heterocycles. The first kappa shape index (κ1) is 12.1. The van der Waals surface area contributed by atoms with Crippen molar-refractivity contribution in [3.8, 4) is 0 Å². The Bertz CT molecular complexity index is 114. The zero-order chi connectivity index (χ0) is 8.41. The first-order chi connectivity index (χ1) is 4.65. The highest BCUT2D eigenvalue weighted by Gasteiger charge is 1.72. The summed E-state index contributed by atoms with van der Waals surface area (Å²) in [6.07, 6.45) is 2.90. The Morgan fingerprint density at radius 3 is 2.10 bits per heavy atom. The molecular formula is C7H14NOSi. The lowest BCUT2D eigenvalue weighted by Gasteiger charge is -1.75. The minimum absolute atomic E-state index is 0.120. The van der Waals surface area contributed by atoms with Crippen LogP contribution in [0.15, 0.2) is 17.6 Å². The fraction of sp³-hybridized carbons (Fsp3) is 0.571. The van der Waals surface area contributed by atoms with Crippen molar-refractivity contribution in [3.63, 3.8) is 0 Å². The number of isocyanates is 1. The average molecular weight is 156 g/mol. The van der Waals surface area contributed by atoms with Crippen LogP contribution in [0.1, 0.15) is 0 Å². The van der Waals surface area contributed by atoms with Crippen molar-refractivity contribution in [2.75, 3.05) is 6.54 Å². The van der Waals surface area contributed by atoms with Gasteiger partial charge >= 0.3 is 0 Å². The maximum atomic E-state index is 9.22. The largest absolute Gasteiger partial charge is 0.235 e. The van der Waals surface area contributed by atoms with Crippen molar-refractivity contribution in [2.24, 2.45) is 4.99 Å². The van der Waals surface area contributed by atoms with Gasteiger partial charge in [-0.2, -0.15) is 0 Å². The van der Waals surface area contributed by atoms with Gasteiger partial charge in [0.25, 0.3) is 0 Å². The molecule has 0 rings (SSSR count). The van der Waals surface area contributed by atoms with Gasteiger partial charge in [-0.3, -0.25) is 0 Å². The third-order valence-corrected chi connectivity index (χ3v) is 0.285. The molecule has 0 N–H and O–H groups in total. The molecule has 0 spiro atoms. The highest BCUT2D eigenvalue weighted by Crippen LogP contribution is 1.68. The molecule has 2 nitrogen and oxygen atoms in total. The molecular weight excluding hydrogens is 142 g/mol. The molecule has 57 valence electrons. The summed E-state index contributed by atoms with van der Waals surface area (Å²) in [5.41, 5.74) is 0. The van der Waals surface area contributed by atoms with Gasteiger partial charge in [0.2, 0.25) is 6.08 Å². The van der Waals surface area contributed by atoms with Crippen LogP contribution in [0.3, 0.4) is 0 Å². The molecule has 10 heavy (non-hydrogen) atoms. The van der Waals surface area contributed by atoms with E-state index in [9.17, 15) is 4.79 Å².